The van der Waals surface area contributed by atoms with E-state index in [4.69, 9.17) is 11.6 Å². The molecule has 3 amide bonds. The minimum absolute atomic E-state index is 0.00849. The van der Waals surface area contributed by atoms with Gasteiger partial charge in [0.25, 0.3) is 5.91 Å². The summed E-state index contributed by atoms with van der Waals surface area (Å²) in [7, 11) is 0. The molecule has 1 aliphatic heterocycles. The Bertz CT molecular complexity index is 1050. The molecule has 11 heteroatoms. The standard InChI is InChI=1S/C22H25ClF3N5O2/c1-13-10-19(30-9-8-27-21(30)33)29-31(13)12-14-2-5-16(6-3-14)28-20(32)17-11-15(22(24,25)26)4-7-18(17)23/h4,7,10-11,14,16H,2-3,5-6,8-9,12H2,1H3,(H,27,33)(H,28,32)/t14-,16-. The minimum atomic E-state index is -4.54. The smallest absolute Gasteiger partial charge is 0.349 e. The van der Waals surface area contributed by atoms with Gasteiger partial charge in [0.15, 0.2) is 5.82 Å². The second-order valence-corrected chi connectivity index (χ2v) is 9.00. The van der Waals surface area contributed by atoms with Crippen molar-refractivity contribution in [2.24, 2.45) is 5.92 Å². The SMILES string of the molecule is Cc1cc(N2CCNC2=O)nn1C[C@H]1CC[C@H](NC(=O)c2cc(C(F)(F)F)ccc2Cl)CC1. The van der Waals surface area contributed by atoms with Crippen LogP contribution < -0.4 is 15.5 Å². The van der Waals surface area contributed by atoms with Gasteiger partial charge in [0.2, 0.25) is 0 Å². The molecule has 0 radical (unpaired) electrons. The molecule has 1 aliphatic carbocycles. The molecule has 0 atom stereocenters. The Kier molecular flexibility index (Phi) is 6.56. The fourth-order valence-corrected chi connectivity index (χ4v) is 4.58. The third-order valence-electron chi connectivity index (χ3n) is 6.25. The van der Waals surface area contributed by atoms with Crippen LogP contribution in [0.2, 0.25) is 5.02 Å². The average molecular weight is 484 g/mol. The lowest BCUT2D eigenvalue weighted by Crippen LogP contribution is -2.38. The summed E-state index contributed by atoms with van der Waals surface area (Å²) in [6.45, 7) is 3.86. The number of carbonyl (C=O) groups excluding carboxylic acids is 2. The summed E-state index contributed by atoms with van der Waals surface area (Å²) in [6.07, 6.45) is -1.41. The minimum Gasteiger partial charge on any atom is -0.349 e. The van der Waals surface area contributed by atoms with Gasteiger partial charge in [-0.05, 0) is 56.7 Å². The van der Waals surface area contributed by atoms with Crippen LogP contribution in [-0.2, 0) is 12.7 Å². The first-order chi connectivity index (χ1) is 15.6. The van der Waals surface area contributed by atoms with E-state index >= 15 is 0 Å². The number of urea groups is 1. The fraction of sp³-hybridized carbons (Fsp3) is 0.500. The lowest BCUT2D eigenvalue weighted by molar-refractivity contribution is -0.137. The second-order valence-electron chi connectivity index (χ2n) is 8.59. The maximum atomic E-state index is 13.0. The number of anilines is 1. The molecule has 2 aromatic rings. The van der Waals surface area contributed by atoms with E-state index < -0.39 is 17.6 Å². The third kappa shape index (κ3) is 5.26. The fourth-order valence-electron chi connectivity index (χ4n) is 4.37. The highest BCUT2D eigenvalue weighted by molar-refractivity contribution is 6.33. The summed E-state index contributed by atoms with van der Waals surface area (Å²) in [4.78, 5) is 26.1. The monoisotopic (exact) mass is 483 g/mol. The number of amides is 3. The number of alkyl halides is 3. The molecule has 0 spiro atoms. The van der Waals surface area contributed by atoms with E-state index in [0.717, 1.165) is 36.7 Å². The predicted molar refractivity (Wildman–Crippen MR) is 117 cm³/mol. The summed E-state index contributed by atoms with van der Waals surface area (Å²) < 4.78 is 40.8. The van der Waals surface area contributed by atoms with Gasteiger partial charge in [-0.2, -0.15) is 18.3 Å². The Morgan fingerprint density at radius 1 is 1.24 bits per heavy atom. The van der Waals surface area contributed by atoms with E-state index in [0.29, 0.717) is 44.2 Å². The number of rotatable bonds is 5. The van der Waals surface area contributed by atoms with Gasteiger partial charge in [-0.25, -0.2) is 4.79 Å². The quantitative estimate of drug-likeness (QED) is 0.662. The van der Waals surface area contributed by atoms with E-state index in [-0.39, 0.29) is 22.7 Å². The molecular weight excluding hydrogens is 459 g/mol. The number of nitrogens with one attached hydrogen (secondary N) is 2. The van der Waals surface area contributed by atoms with Crippen molar-refractivity contribution in [3.8, 4) is 0 Å². The van der Waals surface area contributed by atoms with Crippen LogP contribution in [0, 0.1) is 12.8 Å². The molecule has 2 N–H and O–H groups in total. The molecule has 2 aliphatic rings. The van der Waals surface area contributed by atoms with Crippen molar-refractivity contribution in [2.45, 2.75) is 51.4 Å². The number of hydrogen-bond donors (Lipinski definition) is 2. The molecule has 1 aromatic heterocycles. The van der Waals surface area contributed by atoms with E-state index in [2.05, 4.69) is 15.7 Å². The summed E-state index contributed by atoms with van der Waals surface area (Å²) >= 11 is 5.98. The summed E-state index contributed by atoms with van der Waals surface area (Å²) in [5.41, 5.74) is -0.0975. The molecule has 7 nitrogen and oxygen atoms in total. The highest BCUT2D eigenvalue weighted by atomic mass is 35.5. The third-order valence-corrected chi connectivity index (χ3v) is 6.58. The van der Waals surface area contributed by atoms with Crippen molar-refractivity contribution >= 4 is 29.4 Å². The molecule has 0 unspecified atom stereocenters. The van der Waals surface area contributed by atoms with Gasteiger partial charge in [0.05, 0.1) is 16.1 Å². The number of nitrogens with zero attached hydrogens (tertiary/aromatic N) is 3. The van der Waals surface area contributed by atoms with Gasteiger partial charge in [-0.15, -0.1) is 0 Å². The normalized spacial score (nSPS) is 21.2. The van der Waals surface area contributed by atoms with Crippen LogP contribution in [0.15, 0.2) is 24.3 Å². The van der Waals surface area contributed by atoms with E-state index in [9.17, 15) is 22.8 Å². The van der Waals surface area contributed by atoms with Gasteiger partial charge in [-0.1, -0.05) is 11.6 Å². The number of benzene rings is 1. The first kappa shape index (κ1) is 23.4. The van der Waals surface area contributed by atoms with Crippen molar-refractivity contribution < 1.29 is 22.8 Å². The number of halogens is 4. The van der Waals surface area contributed by atoms with E-state index in [1.165, 1.54) is 0 Å². The van der Waals surface area contributed by atoms with Gasteiger partial charge >= 0.3 is 12.2 Å². The Balaban J connectivity index is 1.32. The Labute approximate surface area is 194 Å². The van der Waals surface area contributed by atoms with Gasteiger partial charge in [0, 0.05) is 37.4 Å². The van der Waals surface area contributed by atoms with Crippen LogP contribution >= 0.6 is 11.6 Å². The van der Waals surface area contributed by atoms with Crippen molar-refractivity contribution in [1.82, 2.24) is 20.4 Å². The molecule has 1 aromatic carbocycles. The molecule has 2 fully saturated rings. The van der Waals surface area contributed by atoms with Gasteiger partial charge in [0.1, 0.15) is 0 Å². The first-order valence-corrected chi connectivity index (χ1v) is 11.3. The molecule has 33 heavy (non-hydrogen) atoms. The number of hydrogen-bond acceptors (Lipinski definition) is 3. The zero-order valence-electron chi connectivity index (χ0n) is 18.1. The largest absolute Gasteiger partial charge is 0.416 e. The molecule has 178 valence electrons. The van der Waals surface area contributed by atoms with Crippen molar-refractivity contribution in [2.75, 3.05) is 18.0 Å². The zero-order chi connectivity index (χ0) is 23.8. The second kappa shape index (κ2) is 9.24. The molecule has 0 bridgehead atoms. The molecular formula is C22H25ClF3N5O2. The van der Waals surface area contributed by atoms with E-state index in [1.54, 1.807) is 4.90 Å². The maximum Gasteiger partial charge on any atom is 0.416 e. The van der Waals surface area contributed by atoms with Crippen LogP contribution in [-0.4, -0.2) is 40.9 Å². The number of aryl methyl sites for hydroxylation is 1. The number of carbonyl (C=O) groups is 2. The van der Waals surface area contributed by atoms with Crippen LogP contribution in [0.25, 0.3) is 0 Å². The average Bonchev–Trinajstić information content (AvgIpc) is 3.34. The van der Waals surface area contributed by atoms with Crippen LogP contribution in [0.3, 0.4) is 0 Å². The highest BCUT2D eigenvalue weighted by Gasteiger charge is 2.32. The van der Waals surface area contributed by atoms with Gasteiger partial charge < -0.3 is 10.6 Å². The Morgan fingerprint density at radius 2 is 1.97 bits per heavy atom. The summed E-state index contributed by atoms with van der Waals surface area (Å²) in [5.74, 6) is 0.404. The lowest BCUT2D eigenvalue weighted by atomic mass is 9.86. The zero-order valence-corrected chi connectivity index (χ0v) is 18.8. The highest BCUT2D eigenvalue weighted by Crippen LogP contribution is 2.32. The van der Waals surface area contributed by atoms with Crippen molar-refractivity contribution in [1.29, 1.82) is 0 Å². The van der Waals surface area contributed by atoms with Crippen LogP contribution in [0.4, 0.5) is 23.8 Å². The van der Waals surface area contributed by atoms with Crippen molar-refractivity contribution in [3.05, 3.63) is 46.1 Å². The summed E-state index contributed by atoms with van der Waals surface area (Å²) in [6, 6.07) is 4.39. The van der Waals surface area contributed by atoms with Gasteiger partial charge in [-0.3, -0.25) is 14.4 Å². The molecule has 2 heterocycles. The van der Waals surface area contributed by atoms with Crippen LogP contribution in [0.1, 0.15) is 47.3 Å². The Hall–Kier alpha value is -2.75. The molecule has 4 rings (SSSR count). The Morgan fingerprint density at radius 3 is 2.61 bits per heavy atom. The predicted octanol–water partition coefficient (Wildman–Crippen LogP) is 4.38. The van der Waals surface area contributed by atoms with E-state index in [1.807, 2.05) is 17.7 Å². The number of aromatic nitrogens is 2. The molecule has 1 saturated carbocycles. The topological polar surface area (TPSA) is 79.3 Å². The maximum absolute atomic E-state index is 13.0. The summed E-state index contributed by atoms with van der Waals surface area (Å²) in [5, 5.41) is 10.2. The lowest BCUT2D eigenvalue weighted by Gasteiger charge is -2.29. The van der Waals surface area contributed by atoms with Crippen molar-refractivity contribution in [3.63, 3.8) is 0 Å². The van der Waals surface area contributed by atoms with Crippen LogP contribution in [0.5, 0.6) is 0 Å². The molecule has 1 saturated heterocycles. The first-order valence-electron chi connectivity index (χ1n) is 10.9.